The molecule has 2 aromatic carbocycles. The van der Waals surface area contributed by atoms with Gasteiger partial charge in [-0.25, -0.2) is 8.78 Å². The van der Waals surface area contributed by atoms with Crippen LogP contribution in [0.4, 0.5) is 14.5 Å². The van der Waals surface area contributed by atoms with Gasteiger partial charge in [0, 0.05) is 28.3 Å². The quantitative estimate of drug-likeness (QED) is 0.874. The fourth-order valence-electron chi connectivity index (χ4n) is 1.80. The second-order valence-corrected chi connectivity index (χ2v) is 5.38. The topological polar surface area (TPSA) is 32.3 Å². The smallest absolute Gasteiger partial charge is 0.131 e. The van der Waals surface area contributed by atoms with Gasteiger partial charge in [-0.05, 0) is 30.7 Å². The molecule has 0 amide bonds. The van der Waals surface area contributed by atoms with Crippen LogP contribution in [0.2, 0.25) is 0 Å². The van der Waals surface area contributed by atoms with Crippen molar-refractivity contribution in [2.75, 3.05) is 11.9 Å². The first-order valence-corrected chi connectivity index (χ1v) is 6.89. The Kier molecular flexibility index (Phi) is 4.73. The first-order valence-electron chi connectivity index (χ1n) is 6.10. The summed E-state index contributed by atoms with van der Waals surface area (Å²) in [5.74, 6) is -1.40. The molecule has 2 rings (SSSR count). The zero-order chi connectivity index (χ0) is 14.7. The molecule has 0 aliphatic rings. The maximum atomic E-state index is 13.5. The molecule has 0 aromatic heterocycles. The van der Waals surface area contributed by atoms with Crippen molar-refractivity contribution >= 4 is 21.6 Å². The van der Waals surface area contributed by atoms with E-state index in [0.29, 0.717) is 0 Å². The van der Waals surface area contributed by atoms with Crippen molar-refractivity contribution in [3.63, 3.8) is 0 Å². The summed E-state index contributed by atoms with van der Waals surface area (Å²) in [6.07, 6.45) is -1.05. The average Bonchev–Trinajstić information content (AvgIpc) is 2.40. The summed E-state index contributed by atoms with van der Waals surface area (Å²) < 4.78 is 27.3. The molecule has 0 bridgehead atoms. The predicted octanol–water partition coefficient (Wildman–Crippen LogP) is 4.18. The van der Waals surface area contributed by atoms with Gasteiger partial charge in [-0.2, -0.15) is 0 Å². The molecule has 2 nitrogen and oxygen atoms in total. The summed E-state index contributed by atoms with van der Waals surface area (Å²) >= 11 is 3.41. The molecule has 1 unspecified atom stereocenters. The fourth-order valence-corrected chi connectivity index (χ4v) is 2.18. The first-order chi connectivity index (χ1) is 9.47. The van der Waals surface area contributed by atoms with Crippen molar-refractivity contribution in [2.45, 2.75) is 13.0 Å². The molecule has 2 aromatic rings. The third kappa shape index (κ3) is 3.55. The molecule has 106 valence electrons. The number of anilines is 1. The van der Waals surface area contributed by atoms with Crippen LogP contribution >= 0.6 is 15.9 Å². The van der Waals surface area contributed by atoms with Crippen LogP contribution in [-0.2, 0) is 0 Å². The molecule has 5 heteroatoms. The van der Waals surface area contributed by atoms with Gasteiger partial charge in [0.1, 0.15) is 11.6 Å². The monoisotopic (exact) mass is 341 g/mol. The minimum absolute atomic E-state index is 0.0741. The second-order valence-electron chi connectivity index (χ2n) is 4.53. The lowest BCUT2D eigenvalue weighted by molar-refractivity contribution is 0.186. The SMILES string of the molecule is Cc1ccc(NCC(O)c2ccc(F)cc2F)cc1Br. The molecule has 0 aliphatic heterocycles. The zero-order valence-corrected chi connectivity index (χ0v) is 12.4. The molecule has 20 heavy (non-hydrogen) atoms. The molecular weight excluding hydrogens is 328 g/mol. The molecule has 0 saturated carbocycles. The molecule has 0 heterocycles. The van der Waals surface area contributed by atoms with E-state index in [1.807, 2.05) is 25.1 Å². The highest BCUT2D eigenvalue weighted by molar-refractivity contribution is 9.10. The second kappa shape index (κ2) is 6.33. The van der Waals surface area contributed by atoms with Crippen LogP contribution in [0, 0.1) is 18.6 Å². The molecule has 1 atom stereocenters. The van der Waals surface area contributed by atoms with Gasteiger partial charge in [-0.3, -0.25) is 0 Å². The summed E-state index contributed by atoms with van der Waals surface area (Å²) in [6, 6.07) is 8.82. The number of aliphatic hydroxyl groups is 1. The average molecular weight is 342 g/mol. The van der Waals surface area contributed by atoms with Gasteiger partial charge in [0.2, 0.25) is 0 Å². The summed E-state index contributed by atoms with van der Waals surface area (Å²) in [7, 11) is 0. The Morgan fingerprint density at radius 2 is 1.95 bits per heavy atom. The van der Waals surface area contributed by atoms with Crippen LogP contribution in [0.3, 0.4) is 0 Å². The van der Waals surface area contributed by atoms with E-state index in [0.717, 1.165) is 27.9 Å². The Labute approximate surface area is 124 Å². The summed E-state index contributed by atoms with van der Waals surface area (Å²) in [4.78, 5) is 0. The van der Waals surface area contributed by atoms with E-state index >= 15 is 0 Å². The van der Waals surface area contributed by atoms with E-state index in [2.05, 4.69) is 21.2 Å². The van der Waals surface area contributed by atoms with Crippen molar-refractivity contribution in [3.8, 4) is 0 Å². The van der Waals surface area contributed by atoms with Crippen LogP contribution in [0.1, 0.15) is 17.2 Å². The van der Waals surface area contributed by atoms with Crippen molar-refractivity contribution < 1.29 is 13.9 Å². The van der Waals surface area contributed by atoms with Crippen molar-refractivity contribution in [1.82, 2.24) is 0 Å². The molecule has 2 N–H and O–H groups in total. The number of halogens is 3. The molecule has 0 radical (unpaired) electrons. The summed E-state index contributed by atoms with van der Waals surface area (Å²) in [5, 5.41) is 13.0. The first kappa shape index (κ1) is 14.9. The van der Waals surface area contributed by atoms with Crippen molar-refractivity contribution in [1.29, 1.82) is 0 Å². The molecule has 0 spiro atoms. The van der Waals surface area contributed by atoms with Crippen LogP contribution < -0.4 is 5.32 Å². The van der Waals surface area contributed by atoms with Gasteiger partial charge in [-0.1, -0.05) is 28.1 Å². The number of benzene rings is 2. The Morgan fingerprint density at radius 1 is 1.20 bits per heavy atom. The molecule has 0 saturated heterocycles. The van der Waals surface area contributed by atoms with Crippen LogP contribution in [0.15, 0.2) is 40.9 Å². The standard InChI is InChI=1S/C15H14BrF2NO/c1-9-2-4-11(7-13(9)16)19-8-15(20)12-5-3-10(17)6-14(12)18/h2-7,15,19-20H,8H2,1H3. The third-order valence-corrected chi connectivity index (χ3v) is 3.85. The number of aryl methyl sites for hydroxylation is 1. The molecule has 0 aliphatic carbocycles. The molecule has 0 fully saturated rings. The molecular formula is C15H14BrF2NO. The number of rotatable bonds is 4. The van der Waals surface area contributed by atoms with Gasteiger partial charge in [0.25, 0.3) is 0 Å². The van der Waals surface area contributed by atoms with E-state index < -0.39 is 17.7 Å². The Hall–Kier alpha value is -1.46. The lowest BCUT2D eigenvalue weighted by Gasteiger charge is -2.14. The minimum Gasteiger partial charge on any atom is -0.386 e. The van der Waals surface area contributed by atoms with Crippen molar-refractivity contribution in [2.24, 2.45) is 0 Å². The third-order valence-electron chi connectivity index (χ3n) is 2.99. The van der Waals surface area contributed by atoms with Gasteiger partial charge >= 0.3 is 0 Å². The zero-order valence-electron chi connectivity index (χ0n) is 10.8. The lowest BCUT2D eigenvalue weighted by Crippen LogP contribution is -2.13. The van der Waals surface area contributed by atoms with Crippen LogP contribution in [0.25, 0.3) is 0 Å². The number of nitrogens with one attached hydrogen (secondary N) is 1. The normalized spacial score (nSPS) is 12.2. The number of aliphatic hydroxyl groups excluding tert-OH is 1. The van der Waals surface area contributed by atoms with E-state index in [1.165, 1.54) is 6.07 Å². The Morgan fingerprint density at radius 3 is 2.60 bits per heavy atom. The van der Waals surface area contributed by atoms with Gasteiger partial charge in [0.15, 0.2) is 0 Å². The summed E-state index contributed by atoms with van der Waals surface area (Å²) in [5.41, 5.74) is 1.98. The van der Waals surface area contributed by atoms with E-state index in [9.17, 15) is 13.9 Å². The van der Waals surface area contributed by atoms with Gasteiger partial charge in [-0.15, -0.1) is 0 Å². The maximum Gasteiger partial charge on any atom is 0.131 e. The van der Waals surface area contributed by atoms with Gasteiger partial charge in [0.05, 0.1) is 6.10 Å². The number of hydrogen-bond acceptors (Lipinski definition) is 2. The summed E-state index contributed by atoms with van der Waals surface area (Å²) in [6.45, 7) is 2.11. The number of hydrogen-bond donors (Lipinski definition) is 2. The lowest BCUT2D eigenvalue weighted by atomic mass is 10.1. The highest BCUT2D eigenvalue weighted by Gasteiger charge is 2.13. The minimum atomic E-state index is -1.05. The van der Waals surface area contributed by atoms with Crippen molar-refractivity contribution in [3.05, 3.63) is 63.6 Å². The Bertz CT molecular complexity index is 619. The highest BCUT2D eigenvalue weighted by atomic mass is 79.9. The van der Waals surface area contributed by atoms with E-state index in [4.69, 9.17) is 0 Å². The largest absolute Gasteiger partial charge is 0.386 e. The fraction of sp³-hybridized carbons (Fsp3) is 0.200. The van der Waals surface area contributed by atoms with Crippen LogP contribution in [0.5, 0.6) is 0 Å². The highest BCUT2D eigenvalue weighted by Crippen LogP contribution is 2.22. The van der Waals surface area contributed by atoms with E-state index in [1.54, 1.807) is 0 Å². The maximum absolute atomic E-state index is 13.5. The van der Waals surface area contributed by atoms with E-state index in [-0.39, 0.29) is 12.1 Å². The van der Waals surface area contributed by atoms with Crippen LogP contribution in [-0.4, -0.2) is 11.7 Å². The Balaban J connectivity index is 2.04. The predicted molar refractivity (Wildman–Crippen MR) is 78.7 cm³/mol. The van der Waals surface area contributed by atoms with Gasteiger partial charge < -0.3 is 10.4 Å².